The zero-order valence-corrected chi connectivity index (χ0v) is 12.5. The van der Waals surface area contributed by atoms with Gasteiger partial charge in [-0.15, -0.1) is 0 Å². The highest BCUT2D eigenvalue weighted by atomic mass is 79.9. The maximum Gasteiger partial charge on any atom is 0.165 e. The third-order valence-electron chi connectivity index (χ3n) is 2.39. The first-order valence-electron chi connectivity index (χ1n) is 5.22. The van der Waals surface area contributed by atoms with Crippen molar-refractivity contribution in [2.75, 3.05) is 0 Å². The van der Waals surface area contributed by atoms with Gasteiger partial charge in [-0.05, 0) is 30.3 Å². The summed E-state index contributed by atoms with van der Waals surface area (Å²) in [5.41, 5.74) is 6.46. The quantitative estimate of drug-likeness (QED) is 0.851. The molecule has 0 spiro atoms. The molecule has 2 nitrogen and oxygen atoms in total. The summed E-state index contributed by atoms with van der Waals surface area (Å²) in [6.45, 7) is 0.312. The molecule has 0 atom stereocenters. The van der Waals surface area contributed by atoms with Gasteiger partial charge in [0.05, 0.1) is 0 Å². The van der Waals surface area contributed by atoms with Gasteiger partial charge in [-0.3, -0.25) is 0 Å². The summed E-state index contributed by atoms with van der Waals surface area (Å²) >= 11 is 6.67. The van der Waals surface area contributed by atoms with Crippen LogP contribution in [0.4, 0.5) is 4.39 Å². The molecule has 0 aliphatic heterocycles. The van der Waals surface area contributed by atoms with Crippen molar-refractivity contribution < 1.29 is 9.13 Å². The Labute approximate surface area is 121 Å². The standard InChI is InChI=1S/C13H10Br2FNO/c14-8-4-5-11(16)13(6-8)18-12-3-1-2-10(15)9(12)7-17/h1-6H,7,17H2. The lowest BCUT2D eigenvalue weighted by molar-refractivity contribution is 0.437. The van der Waals surface area contributed by atoms with Gasteiger partial charge in [-0.1, -0.05) is 37.9 Å². The van der Waals surface area contributed by atoms with Gasteiger partial charge < -0.3 is 10.5 Å². The largest absolute Gasteiger partial charge is 0.454 e. The topological polar surface area (TPSA) is 35.2 Å². The summed E-state index contributed by atoms with van der Waals surface area (Å²) in [6, 6.07) is 9.98. The maximum absolute atomic E-state index is 13.6. The molecule has 2 N–H and O–H groups in total. The van der Waals surface area contributed by atoms with Crippen LogP contribution < -0.4 is 10.5 Å². The number of hydrogen-bond donors (Lipinski definition) is 1. The molecule has 0 fully saturated rings. The van der Waals surface area contributed by atoms with E-state index in [0.29, 0.717) is 12.3 Å². The number of halogens is 3. The SMILES string of the molecule is NCc1c(Br)cccc1Oc1cc(Br)ccc1F. The van der Waals surface area contributed by atoms with Gasteiger partial charge in [0, 0.05) is 21.1 Å². The predicted molar refractivity (Wildman–Crippen MR) is 76.2 cm³/mol. The molecule has 0 aliphatic rings. The van der Waals surface area contributed by atoms with Crippen LogP contribution in [0.5, 0.6) is 11.5 Å². The normalized spacial score (nSPS) is 10.4. The molecule has 2 aromatic rings. The van der Waals surface area contributed by atoms with E-state index >= 15 is 0 Å². The van der Waals surface area contributed by atoms with Crippen molar-refractivity contribution in [2.45, 2.75) is 6.54 Å². The minimum Gasteiger partial charge on any atom is -0.454 e. The summed E-state index contributed by atoms with van der Waals surface area (Å²) in [5, 5.41) is 0. The maximum atomic E-state index is 13.6. The van der Waals surface area contributed by atoms with Crippen LogP contribution in [0.25, 0.3) is 0 Å². The van der Waals surface area contributed by atoms with Crippen LogP contribution >= 0.6 is 31.9 Å². The second-order valence-corrected chi connectivity index (χ2v) is 5.37. The molecule has 0 saturated carbocycles. The Kier molecular flexibility index (Phi) is 4.37. The van der Waals surface area contributed by atoms with Crippen molar-refractivity contribution in [3.63, 3.8) is 0 Å². The van der Waals surface area contributed by atoms with Crippen molar-refractivity contribution in [3.05, 3.63) is 56.7 Å². The molecule has 0 aliphatic carbocycles. The van der Waals surface area contributed by atoms with Crippen LogP contribution in [0, 0.1) is 5.82 Å². The van der Waals surface area contributed by atoms with E-state index in [4.69, 9.17) is 10.5 Å². The number of benzene rings is 2. The lowest BCUT2D eigenvalue weighted by Crippen LogP contribution is -2.01. The Balaban J connectivity index is 2.40. The molecule has 5 heteroatoms. The Morgan fingerprint density at radius 1 is 1.11 bits per heavy atom. The highest BCUT2D eigenvalue weighted by Crippen LogP contribution is 2.32. The number of nitrogens with two attached hydrogens (primary N) is 1. The average Bonchev–Trinajstić information content (AvgIpc) is 2.34. The van der Waals surface area contributed by atoms with Gasteiger partial charge >= 0.3 is 0 Å². The molecule has 2 rings (SSSR count). The van der Waals surface area contributed by atoms with E-state index in [9.17, 15) is 4.39 Å². The molecular formula is C13H10Br2FNO. The lowest BCUT2D eigenvalue weighted by atomic mass is 10.2. The summed E-state index contributed by atoms with van der Waals surface area (Å²) in [4.78, 5) is 0. The fourth-order valence-corrected chi connectivity index (χ4v) is 2.36. The first-order chi connectivity index (χ1) is 8.61. The minimum absolute atomic E-state index is 0.164. The fourth-order valence-electron chi connectivity index (χ4n) is 1.51. The Bertz CT molecular complexity index is 575. The second-order valence-electron chi connectivity index (χ2n) is 3.60. The second kappa shape index (κ2) is 5.82. The third-order valence-corrected chi connectivity index (χ3v) is 3.63. The van der Waals surface area contributed by atoms with E-state index in [-0.39, 0.29) is 5.75 Å². The number of hydrogen-bond acceptors (Lipinski definition) is 2. The Morgan fingerprint density at radius 3 is 2.61 bits per heavy atom. The highest BCUT2D eigenvalue weighted by Gasteiger charge is 2.10. The fraction of sp³-hybridized carbons (Fsp3) is 0.0769. The predicted octanol–water partition coefficient (Wildman–Crippen LogP) is 4.60. The van der Waals surface area contributed by atoms with Gasteiger partial charge in [0.15, 0.2) is 11.6 Å². The van der Waals surface area contributed by atoms with Crippen molar-refractivity contribution in [3.8, 4) is 11.5 Å². The molecule has 2 aromatic carbocycles. The van der Waals surface area contributed by atoms with E-state index < -0.39 is 5.82 Å². The van der Waals surface area contributed by atoms with Crippen LogP contribution in [0.2, 0.25) is 0 Å². The van der Waals surface area contributed by atoms with Gasteiger partial charge in [0.1, 0.15) is 5.75 Å². The first-order valence-corrected chi connectivity index (χ1v) is 6.81. The third kappa shape index (κ3) is 2.91. The van der Waals surface area contributed by atoms with Crippen molar-refractivity contribution >= 4 is 31.9 Å². The lowest BCUT2D eigenvalue weighted by Gasteiger charge is -2.12. The van der Waals surface area contributed by atoms with Crippen molar-refractivity contribution in [2.24, 2.45) is 5.73 Å². The van der Waals surface area contributed by atoms with Crippen molar-refractivity contribution in [1.82, 2.24) is 0 Å². The first kappa shape index (κ1) is 13.5. The zero-order valence-electron chi connectivity index (χ0n) is 9.29. The van der Waals surface area contributed by atoms with E-state index in [1.807, 2.05) is 12.1 Å². The number of rotatable bonds is 3. The number of ether oxygens (including phenoxy) is 1. The molecule has 0 heterocycles. The Hall–Kier alpha value is -0.910. The molecule has 0 radical (unpaired) electrons. The van der Waals surface area contributed by atoms with Crippen LogP contribution in [0.3, 0.4) is 0 Å². The summed E-state index contributed by atoms with van der Waals surface area (Å²) in [7, 11) is 0. The zero-order chi connectivity index (χ0) is 13.1. The molecular weight excluding hydrogens is 365 g/mol. The highest BCUT2D eigenvalue weighted by molar-refractivity contribution is 9.10. The summed E-state index contributed by atoms with van der Waals surface area (Å²) < 4.78 is 20.8. The van der Waals surface area contributed by atoms with E-state index in [1.165, 1.54) is 6.07 Å². The summed E-state index contributed by atoms with van der Waals surface area (Å²) in [5.74, 6) is 0.294. The average molecular weight is 375 g/mol. The summed E-state index contributed by atoms with van der Waals surface area (Å²) in [6.07, 6.45) is 0. The minimum atomic E-state index is -0.416. The van der Waals surface area contributed by atoms with E-state index in [1.54, 1.807) is 18.2 Å². The Morgan fingerprint density at radius 2 is 1.89 bits per heavy atom. The molecule has 0 aromatic heterocycles. The molecule has 18 heavy (non-hydrogen) atoms. The van der Waals surface area contributed by atoms with Crippen LogP contribution in [0.1, 0.15) is 5.56 Å². The van der Waals surface area contributed by atoms with E-state index in [0.717, 1.165) is 14.5 Å². The van der Waals surface area contributed by atoms with Gasteiger partial charge in [-0.2, -0.15) is 0 Å². The smallest absolute Gasteiger partial charge is 0.165 e. The van der Waals surface area contributed by atoms with Crippen molar-refractivity contribution in [1.29, 1.82) is 0 Å². The van der Waals surface area contributed by atoms with Crippen LogP contribution in [-0.2, 0) is 6.54 Å². The molecule has 0 unspecified atom stereocenters. The molecule has 0 amide bonds. The van der Waals surface area contributed by atoms with Crippen LogP contribution in [-0.4, -0.2) is 0 Å². The molecule has 94 valence electrons. The van der Waals surface area contributed by atoms with Gasteiger partial charge in [0.25, 0.3) is 0 Å². The van der Waals surface area contributed by atoms with Crippen LogP contribution in [0.15, 0.2) is 45.3 Å². The van der Waals surface area contributed by atoms with Gasteiger partial charge in [0.2, 0.25) is 0 Å². The molecule has 0 bridgehead atoms. The molecule has 0 saturated heterocycles. The van der Waals surface area contributed by atoms with E-state index in [2.05, 4.69) is 31.9 Å². The monoisotopic (exact) mass is 373 g/mol. The van der Waals surface area contributed by atoms with Gasteiger partial charge in [-0.25, -0.2) is 4.39 Å².